The monoisotopic (exact) mass is 118 g/mol. The van der Waals surface area contributed by atoms with Crippen molar-refractivity contribution in [3.05, 3.63) is 0 Å². The maximum absolute atomic E-state index is 8.56. The number of aliphatic hydroxyl groups excluding tert-OH is 2. The van der Waals surface area contributed by atoms with Gasteiger partial charge in [0, 0.05) is 6.42 Å². The second-order valence-electron chi connectivity index (χ2n) is 1.57. The average Bonchev–Trinajstić information content (AvgIpc) is 1.65. The van der Waals surface area contributed by atoms with Gasteiger partial charge in [0.15, 0.2) is 0 Å². The van der Waals surface area contributed by atoms with Gasteiger partial charge in [0.1, 0.15) is 0 Å². The minimum absolute atomic E-state index is 0.0521. The van der Waals surface area contributed by atoms with Gasteiger partial charge < -0.3 is 15.9 Å². The largest absolute Gasteiger partial charge is 0.394 e. The Morgan fingerprint density at radius 2 is 2.25 bits per heavy atom. The third kappa shape index (κ3) is 3.58. The molecule has 0 amide bonds. The van der Waals surface area contributed by atoms with E-state index in [9.17, 15) is 0 Å². The van der Waals surface area contributed by atoms with Crippen LogP contribution < -0.4 is 5.73 Å². The molecule has 0 heterocycles. The lowest BCUT2D eigenvalue weighted by molar-refractivity contribution is 0.101. The molecule has 0 aliphatic rings. The van der Waals surface area contributed by atoms with E-state index in [2.05, 4.69) is 0 Å². The summed E-state index contributed by atoms with van der Waals surface area (Å²) >= 11 is 0. The molecule has 4 heteroatoms. The van der Waals surface area contributed by atoms with E-state index >= 15 is 0 Å². The highest BCUT2D eigenvalue weighted by molar-refractivity contribution is 5.77. The summed E-state index contributed by atoms with van der Waals surface area (Å²) in [5.74, 6) is -0.105. The molecule has 0 radical (unpaired) electrons. The lowest BCUT2D eigenvalue weighted by atomic mass is 10.2. The van der Waals surface area contributed by atoms with Gasteiger partial charge in [-0.15, -0.1) is 0 Å². The first kappa shape index (κ1) is 7.39. The molecule has 0 aliphatic heterocycles. The van der Waals surface area contributed by atoms with Crippen LogP contribution in [0.5, 0.6) is 0 Å². The molecular formula is C4H10N2O2. The molecule has 0 fully saturated rings. The Kier molecular flexibility index (Phi) is 3.14. The maximum atomic E-state index is 8.56. The lowest BCUT2D eigenvalue weighted by Crippen LogP contribution is -2.21. The Morgan fingerprint density at radius 3 is 2.38 bits per heavy atom. The van der Waals surface area contributed by atoms with Gasteiger partial charge in [0.2, 0.25) is 0 Å². The minimum atomic E-state index is -0.868. The van der Waals surface area contributed by atoms with E-state index in [0.29, 0.717) is 0 Å². The molecule has 0 spiro atoms. The van der Waals surface area contributed by atoms with Crippen LogP contribution in [-0.4, -0.2) is 28.8 Å². The first-order chi connectivity index (χ1) is 3.66. The first-order valence-electron chi connectivity index (χ1n) is 2.28. The van der Waals surface area contributed by atoms with Crippen molar-refractivity contribution in [2.45, 2.75) is 12.5 Å². The van der Waals surface area contributed by atoms with Crippen molar-refractivity contribution in [3.63, 3.8) is 0 Å². The van der Waals surface area contributed by atoms with E-state index in [1.54, 1.807) is 0 Å². The molecule has 48 valence electrons. The number of nitrogens with two attached hydrogens (primary N) is 1. The quantitative estimate of drug-likeness (QED) is 0.273. The molecule has 0 aromatic rings. The van der Waals surface area contributed by atoms with Gasteiger partial charge in [-0.2, -0.15) is 0 Å². The van der Waals surface area contributed by atoms with Gasteiger partial charge in [0.05, 0.1) is 18.5 Å². The van der Waals surface area contributed by atoms with Gasteiger partial charge in [-0.1, -0.05) is 0 Å². The van der Waals surface area contributed by atoms with Gasteiger partial charge in [-0.3, -0.25) is 5.41 Å². The number of aliphatic hydroxyl groups is 2. The number of nitrogens with one attached hydrogen (secondary N) is 1. The molecule has 5 N–H and O–H groups in total. The standard InChI is InChI=1S/C4H10N2O2/c5-4(6)1-3(8)2-7/h3,7-8H,1-2H2,(H3,5,6). The third-order valence-corrected chi connectivity index (χ3v) is 0.666. The topological polar surface area (TPSA) is 90.3 Å². The van der Waals surface area contributed by atoms with Crippen molar-refractivity contribution < 1.29 is 10.2 Å². The second kappa shape index (κ2) is 3.40. The third-order valence-electron chi connectivity index (χ3n) is 0.666. The van der Waals surface area contributed by atoms with E-state index in [1.807, 2.05) is 0 Å². The number of hydrogen-bond donors (Lipinski definition) is 4. The van der Waals surface area contributed by atoms with Crippen molar-refractivity contribution in [2.75, 3.05) is 6.61 Å². The normalized spacial score (nSPS) is 13.2. The minimum Gasteiger partial charge on any atom is -0.394 e. The van der Waals surface area contributed by atoms with Crippen molar-refractivity contribution >= 4 is 5.84 Å². The van der Waals surface area contributed by atoms with Gasteiger partial charge in [0.25, 0.3) is 0 Å². The van der Waals surface area contributed by atoms with Crippen LogP contribution in [0.15, 0.2) is 0 Å². The van der Waals surface area contributed by atoms with Crippen molar-refractivity contribution in [1.29, 1.82) is 5.41 Å². The van der Waals surface area contributed by atoms with E-state index < -0.39 is 6.10 Å². The van der Waals surface area contributed by atoms with Crippen molar-refractivity contribution in [3.8, 4) is 0 Å². The molecule has 0 aliphatic carbocycles. The molecule has 8 heavy (non-hydrogen) atoms. The summed E-state index contributed by atoms with van der Waals surface area (Å²) in [5, 5.41) is 23.4. The Hall–Kier alpha value is -0.610. The number of amidine groups is 1. The molecule has 0 aromatic heterocycles. The van der Waals surface area contributed by atoms with Crippen LogP contribution in [0, 0.1) is 5.41 Å². The van der Waals surface area contributed by atoms with Crippen LogP contribution in [0.1, 0.15) is 6.42 Å². The van der Waals surface area contributed by atoms with Crippen LogP contribution >= 0.6 is 0 Å². The van der Waals surface area contributed by atoms with Gasteiger partial charge >= 0.3 is 0 Å². The fraction of sp³-hybridized carbons (Fsp3) is 0.750. The molecule has 0 rings (SSSR count). The molecule has 0 bridgehead atoms. The smallest absolute Gasteiger partial charge is 0.0932 e. The molecule has 0 aromatic carbocycles. The zero-order chi connectivity index (χ0) is 6.57. The predicted octanol–water partition coefficient (Wildman–Crippen LogP) is -1.33. The molecule has 0 saturated carbocycles. The maximum Gasteiger partial charge on any atom is 0.0932 e. The molecule has 1 unspecified atom stereocenters. The zero-order valence-corrected chi connectivity index (χ0v) is 4.46. The first-order valence-corrected chi connectivity index (χ1v) is 2.28. The molecular weight excluding hydrogens is 108 g/mol. The van der Waals surface area contributed by atoms with Crippen LogP contribution in [0.2, 0.25) is 0 Å². The van der Waals surface area contributed by atoms with Gasteiger partial charge in [-0.25, -0.2) is 0 Å². The van der Waals surface area contributed by atoms with Crippen LogP contribution in [0.3, 0.4) is 0 Å². The molecule has 1 atom stereocenters. The second-order valence-corrected chi connectivity index (χ2v) is 1.57. The average molecular weight is 118 g/mol. The van der Waals surface area contributed by atoms with E-state index in [1.165, 1.54) is 0 Å². The Labute approximate surface area is 47.4 Å². The Bertz CT molecular complexity index is 84.1. The summed E-state index contributed by atoms with van der Waals surface area (Å²) in [6.07, 6.45) is -0.816. The van der Waals surface area contributed by atoms with Crippen molar-refractivity contribution in [2.24, 2.45) is 5.73 Å². The summed E-state index contributed by atoms with van der Waals surface area (Å²) in [5.41, 5.74) is 4.88. The van der Waals surface area contributed by atoms with Crippen molar-refractivity contribution in [1.82, 2.24) is 0 Å². The Morgan fingerprint density at radius 1 is 1.75 bits per heavy atom. The summed E-state index contributed by atoms with van der Waals surface area (Å²) in [6, 6.07) is 0. The predicted molar refractivity (Wildman–Crippen MR) is 29.6 cm³/mol. The molecule has 4 nitrogen and oxygen atoms in total. The fourth-order valence-corrected chi connectivity index (χ4v) is 0.318. The fourth-order valence-electron chi connectivity index (χ4n) is 0.318. The summed E-state index contributed by atoms with van der Waals surface area (Å²) < 4.78 is 0. The summed E-state index contributed by atoms with van der Waals surface area (Å²) in [6.45, 7) is -0.334. The van der Waals surface area contributed by atoms with E-state index in [-0.39, 0.29) is 18.9 Å². The summed E-state index contributed by atoms with van der Waals surface area (Å²) in [7, 11) is 0. The van der Waals surface area contributed by atoms with Crippen LogP contribution in [0.4, 0.5) is 0 Å². The molecule has 0 saturated heterocycles. The Balaban J connectivity index is 3.24. The van der Waals surface area contributed by atoms with Crippen LogP contribution in [-0.2, 0) is 0 Å². The lowest BCUT2D eigenvalue weighted by Gasteiger charge is -2.02. The highest BCUT2D eigenvalue weighted by Crippen LogP contribution is 1.86. The van der Waals surface area contributed by atoms with E-state index in [0.717, 1.165) is 0 Å². The zero-order valence-electron chi connectivity index (χ0n) is 4.46. The highest BCUT2D eigenvalue weighted by Gasteiger charge is 2.01. The van der Waals surface area contributed by atoms with E-state index in [4.69, 9.17) is 21.4 Å². The highest BCUT2D eigenvalue weighted by atomic mass is 16.3. The summed E-state index contributed by atoms with van der Waals surface area (Å²) in [4.78, 5) is 0. The SMILES string of the molecule is N=C(N)CC(O)CO. The van der Waals surface area contributed by atoms with Gasteiger partial charge in [-0.05, 0) is 0 Å². The number of rotatable bonds is 3. The number of hydrogen-bond acceptors (Lipinski definition) is 3. The van der Waals surface area contributed by atoms with Crippen LogP contribution in [0.25, 0.3) is 0 Å².